The number of hydrogen-bond acceptors (Lipinski definition) is 2. The van der Waals surface area contributed by atoms with E-state index >= 15 is 0 Å². The number of alkyl halides is 3. The zero-order chi connectivity index (χ0) is 13.8. The molecule has 0 amide bonds. The van der Waals surface area contributed by atoms with Crippen molar-refractivity contribution in [3.8, 4) is 0 Å². The first-order chi connectivity index (χ1) is 8.91. The van der Waals surface area contributed by atoms with Gasteiger partial charge in [-0.1, -0.05) is 0 Å². The van der Waals surface area contributed by atoms with Crippen molar-refractivity contribution < 1.29 is 13.2 Å². The molecule has 3 rings (SSSR count). The van der Waals surface area contributed by atoms with Crippen LogP contribution in [0.3, 0.4) is 0 Å². The Morgan fingerprint density at radius 1 is 1.32 bits per heavy atom. The fourth-order valence-corrected chi connectivity index (χ4v) is 2.17. The van der Waals surface area contributed by atoms with Gasteiger partial charge < -0.3 is 10.3 Å². The predicted molar refractivity (Wildman–Crippen MR) is 64.6 cm³/mol. The van der Waals surface area contributed by atoms with Crippen LogP contribution in [0.4, 0.5) is 13.2 Å². The number of aromatic nitrogens is 3. The smallest absolute Gasteiger partial charge is 0.325 e. The molecule has 2 heterocycles. The highest BCUT2D eigenvalue weighted by Crippen LogP contribution is 2.31. The topological polar surface area (TPSA) is 48.2 Å². The molecular weight excluding hydrogens is 257 g/mol. The van der Waals surface area contributed by atoms with Crippen LogP contribution < -0.4 is 5.73 Å². The van der Waals surface area contributed by atoms with E-state index in [2.05, 4.69) is 4.98 Å². The number of nitrogens with zero attached hydrogens (tertiary/aromatic N) is 3. The summed E-state index contributed by atoms with van der Waals surface area (Å²) in [4.78, 5) is 4.31. The summed E-state index contributed by atoms with van der Waals surface area (Å²) in [7, 11) is 1.79. The summed E-state index contributed by atoms with van der Waals surface area (Å²) < 4.78 is 41.6. The van der Waals surface area contributed by atoms with Crippen LogP contribution in [-0.4, -0.2) is 14.0 Å². The molecule has 0 spiro atoms. The van der Waals surface area contributed by atoms with Crippen LogP contribution in [0.1, 0.15) is 11.3 Å². The number of aryl methyl sites for hydroxylation is 1. The van der Waals surface area contributed by atoms with Gasteiger partial charge in [-0.2, -0.15) is 13.2 Å². The molecule has 0 unspecified atom stereocenters. The van der Waals surface area contributed by atoms with E-state index in [1.54, 1.807) is 22.2 Å². The number of imidazole rings is 2. The molecule has 0 bridgehead atoms. The molecule has 0 saturated carbocycles. The van der Waals surface area contributed by atoms with E-state index in [0.717, 1.165) is 17.8 Å². The van der Waals surface area contributed by atoms with Gasteiger partial charge in [0.2, 0.25) is 5.78 Å². The first-order valence-corrected chi connectivity index (χ1v) is 5.65. The van der Waals surface area contributed by atoms with E-state index < -0.39 is 11.7 Å². The molecule has 0 aliphatic carbocycles. The zero-order valence-electron chi connectivity index (χ0n) is 10.1. The maximum atomic E-state index is 12.7. The van der Waals surface area contributed by atoms with Crippen molar-refractivity contribution in [2.24, 2.45) is 12.8 Å². The molecule has 0 radical (unpaired) electrons. The lowest BCUT2D eigenvalue weighted by atomic mass is 10.2. The average molecular weight is 268 g/mol. The van der Waals surface area contributed by atoms with E-state index in [-0.39, 0.29) is 0 Å². The van der Waals surface area contributed by atoms with Crippen LogP contribution in [0.15, 0.2) is 24.4 Å². The molecule has 100 valence electrons. The van der Waals surface area contributed by atoms with Crippen LogP contribution in [-0.2, 0) is 19.8 Å². The number of nitrogens with two attached hydrogens (primary N) is 1. The van der Waals surface area contributed by atoms with E-state index in [9.17, 15) is 13.2 Å². The van der Waals surface area contributed by atoms with E-state index in [4.69, 9.17) is 5.73 Å². The van der Waals surface area contributed by atoms with Crippen molar-refractivity contribution in [2.45, 2.75) is 12.7 Å². The lowest BCUT2D eigenvalue weighted by molar-refractivity contribution is -0.137. The summed E-state index contributed by atoms with van der Waals surface area (Å²) in [6, 6.07) is 3.53. The average Bonchev–Trinajstić information content (AvgIpc) is 2.85. The molecule has 2 aromatic heterocycles. The summed E-state index contributed by atoms with van der Waals surface area (Å²) in [6.07, 6.45) is -2.64. The summed E-state index contributed by atoms with van der Waals surface area (Å²) >= 11 is 0. The van der Waals surface area contributed by atoms with Crippen LogP contribution >= 0.6 is 0 Å². The van der Waals surface area contributed by atoms with Crippen molar-refractivity contribution in [2.75, 3.05) is 0 Å². The van der Waals surface area contributed by atoms with Crippen LogP contribution in [0.25, 0.3) is 16.8 Å². The zero-order valence-corrected chi connectivity index (χ0v) is 10.1. The largest absolute Gasteiger partial charge is 0.416 e. The minimum atomic E-state index is -4.36. The van der Waals surface area contributed by atoms with Crippen molar-refractivity contribution >= 4 is 16.8 Å². The molecule has 3 aromatic rings. The van der Waals surface area contributed by atoms with Gasteiger partial charge in [0.25, 0.3) is 0 Å². The highest BCUT2D eigenvalue weighted by Gasteiger charge is 2.31. The minimum absolute atomic E-state index is 0.306. The van der Waals surface area contributed by atoms with E-state index in [1.165, 1.54) is 6.07 Å². The molecule has 0 aliphatic heterocycles. The van der Waals surface area contributed by atoms with Gasteiger partial charge >= 0.3 is 6.18 Å². The molecule has 7 heteroatoms. The van der Waals surface area contributed by atoms with Gasteiger partial charge in [-0.05, 0) is 18.2 Å². The van der Waals surface area contributed by atoms with Gasteiger partial charge in [0.15, 0.2) is 0 Å². The third-order valence-electron chi connectivity index (χ3n) is 3.22. The van der Waals surface area contributed by atoms with Crippen LogP contribution in [0.5, 0.6) is 0 Å². The van der Waals surface area contributed by atoms with Crippen LogP contribution in [0, 0.1) is 0 Å². The summed E-state index contributed by atoms with van der Waals surface area (Å²) in [6.45, 7) is 0.306. The van der Waals surface area contributed by atoms with E-state index in [1.807, 2.05) is 0 Å². The Hall–Kier alpha value is -2.02. The second kappa shape index (κ2) is 3.74. The van der Waals surface area contributed by atoms with Crippen molar-refractivity contribution in [1.82, 2.24) is 14.0 Å². The number of fused-ring (bicyclic) bond motifs is 3. The Balaban J connectivity index is 2.34. The lowest BCUT2D eigenvalue weighted by Crippen LogP contribution is -2.04. The Bertz CT molecular complexity index is 767. The molecule has 0 saturated heterocycles. The van der Waals surface area contributed by atoms with Gasteiger partial charge in [0.05, 0.1) is 22.3 Å². The quantitative estimate of drug-likeness (QED) is 0.736. The van der Waals surface area contributed by atoms with Crippen molar-refractivity contribution in [1.29, 1.82) is 0 Å². The SMILES string of the molecule is Cn1c(CN)cn2c3cc(C(F)(F)F)ccc3nc12. The van der Waals surface area contributed by atoms with Crippen LogP contribution in [0.2, 0.25) is 0 Å². The number of benzene rings is 1. The maximum Gasteiger partial charge on any atom is 0.416 e. The first kappa shape index (κ1) is 12.0. The van der Waals surface area contributed by atoms with Gasteiger partial charge in [-0.25, -0.2) is 4.98 Å². The maximum absolute atomic E-state index is 12.7. The second-order valence-corrected chi connectivity index (χ2v) is 4.37. The van der Waals surface area contributed by atoms with Crippen molar-refractivity contribution in [3.63, 3.8) is 0 Å². The van der Waals surface area contributed by atoms with Gasteiger partial charge in [-0.15, -0.1) is 0 Å². The fraction of sp³-hybridized carbons (Fsp3) is 0.250. The predicted octanol–water partition coefficient (Wildman–Crippen LogP) is 2.30. The first-order valence-electron chi connectivity index (χ1n) is 5.65. The Morgan fingerprint density at radius 3 is 2.68 bits per heavy atom. The Labute approximate surface area is 106 Å². The normalized spacial score (nSPS) is 12.7. The molecule has 0 aliphatic rings. The number of rotatable bonds is 1. The molecule has 2 N–H and O–H groups in total. The third-order valence-corrected chi connectivity index (χ3v) is 3.22. The fourth-order valence-electron chi connectivity index (χ4n) is 2.17. The molecule has 4 nitrogen and oxygen atoms in total. The summed E-state index contributed by atoms with van der Waals surface area (Å²) in [5, 5.41) is 0. The van der Waals surface area contributed by atoms with E-state index in [0.29, 0.717) is 23.4 Å². The highest BCUT2D eigenvalue weighted by atomic mass is 19.4. The van der Waals surface area contributed by atoms with Gasteiger partial charge in [0.1, 0.15) is 0 Å². The molecule has 0 atom stereocenters. The second-order valence-electron chi connectivity index (χ2n) is 4.37. The molecule has 19 heavy (non-hydrogen) atoms. The van der Waals surface area contributed by atoms with Gasteiger partial charge in [-0.3, -0.25) is 4.40 Å². The number of hydrogen-bond donors (Lipinski definition) is 1. The lowest BCUT2D eigenvalue weighted by Gasteiger charge is -2.05. The third kappa shape index (κ3) is 1.69. The summed E-state index contributed by atoms with van der Waals surface area (Å²) in [5.41, 5.74) is 6.66. The Kier molecular flexibility index (Phi) is 2.37. The standard InChI is InChI=1S/C12H11F3N4/c1-18-8(5-16)6-19-10-4-7(12(13,14)15)2-3-9(10)17-11(18)19/h2-4,6H,5,16H2,1H3. The molecule has 0 fully saturated rings. The number of halogens is 3. The highest BCUT2D eigenvalue weighted by molar-refractivity contribution is 5.80. The monoisotopic (exact) mass is 268 g/mol. The van der Waals surface area contributed by atoms with Crippen molar-refractivity contribution in [3.05, 3.63) is 35.7 Å². The van der Waals surface area contributed by atoms with Gasteiger partial charge in [0, 0.05) is 19.8 Å². The summed E-state index contributed by atoms with van der Waals surface area (Å²) in [5.74, 6) is 0.578. The molecular formula is C12H11F3N4. The Morgan fingerprint density at radius 2 is 2.05 bits per heavy atom. The minimum Gasteiger partial charge on any atom is -0.325 e. The molecule has 1 aromatic carbocycles.